The first-order valence-corrected chi connectivity index (χ1v) is 5.69. The molecule has 0 radical (unpaired) electrons. The molecule has 3 nitrogen and oxygen atoms in total. The second kappa shape index (κ2) is 4.32. The van der Waals surface area contributed by atoms with Crippen LogP contribution in [0.5, 0.6) is 0 Å². The topological polar surface area (TPSA) is 50.1 Å². The van der Waals surface area contributed by atoms with Crippen LogP contribution in [0, 0.1) is 5.92 Å². The van der Waals surface area contributed by atoms with Crippen molar-refractivity contribution in [1.82, 2.24) is 10.6 Å². The zero-order chi connectivity index (χ0) is 9.97. The molecule has 2 aliphatic rings. The van der Waals surface area contributed by atoms with Gasteiger partial charge in [-0.1, -0.05) is 12.8 Å². The molecule has 1 fully saturated rings. The molecule has 1 saturated carbocycles. The molecule has 2 rings (SSSR count). The zero-order valence-electron chi connectivity index (χ0n) is 8.92. The number of hydrogen-bond acceptors (Lipinski definition) is 3. The summed E-state index contributed by atoms with van der Waals surface area (Å²) in [6.45, 7) is 0.911. The van der Waals surface area contributed by atoms with Crippen LogP contribution in [0.1, 0.15) is 25.7 Å². The van der Waals surface area contributed by atoms with Crippen LogP contribution < -0.4 is 16.4 Å². The molecule has 1 aliphatic carbocycles. The van der Waals surface area contributed by atoms with Gasteiger partial charge in [-0.3, -0.25) is 0 Å². The van der Waals surface area contributed by atoms with Gasteiger partial charge in [0.15, 0.2) is 0 Å². The molecule has 0 saturated heterocycles. The first kappa shape index (κ1) is 9.99. The highest BCUT2D eigenvalue weighted by Crippen LogP contribution is 2.30. The van der Waals surface area contributed by atoms with Gasteiger partial charge in [0.25, 0.3) is 0 Å². The fourth-order valence-corrected chi connectivity index (χ4v) is 2.55. The van der Waals surface area contributed by atoms with Crippen LogP contribution in [0.3, 0.4) is 0 Å². The molecule has 4 N–H and O–H groups in total. The summed E-state index contributed by atoms with van der Waals surface area (Å²) in [5, 5.41) is 6.74. The Balaban J connectivity index is 2.04. The van der Waals surface area contributed by atoms with Gasteiger partial charge in [-0.2, -0.15) is 0 Å². The van der Waals surface area contributed by atoms with Crippen molar-refractivity contribution in [3.8, 4) is 0 Å². The van der Waals surface area contributed by atoms with Gasteiger partial charge in [-0.15, -0.1) is 0 Å². The predicted octanol–water partition coefficient (Wildman–Crippen LogP) is 0.579. The Morgan fingerprint density at radius 2 is 2.14 bits per heavy atom. The quantitative estimate of drug-likeness (QED) is 0.604. The summed E-state index contributed by atoms with van der Waals surface area (Å²) in [5.41, 5.74) is 7.41. The lowest BCUT2D eigenvalue weighted by Crippen LogP contribution is -2.52. The van der Waals surface area contributed by atoms with Gasteiger partial charge >= 0.3 is 0 Å². The van der Waals surface area contributed by atoms with Crippen LogP contribution in [0.25, 0.3) is 0 Å². The average molecular weight is 195 g/mol. The molecule has 0 spiro atoms. The van der Waals surface area contributed by atoms with Crippen molar-refractivity contribution in [3.05, 3.63) is 11.8 Å². The fourth-order valence-electron chi connectivity index (χ4n) is 2.55. The predicted molar refractivity (Wildman–Crippen MR) is 58.9 cm³/mol. The highest BCUT2D eigenvalue weighted by molar-refractivity contribution is 5.16. The number of hydrogen-bond donors (Lipinski definition) is 3. The zero-order valence-corrected chi connectivity index (χ0v) is 8.92. The molecule has 0 aromatic carbocycles. The van der Waals surface area contributed by atoms with E-state index in [1.807, 2.05) is 7.05 Å². The maximum absolute atomic E-state index is 5.98. The first-order valence-electron chi connectivity index (χ1n) is 5.69. The third-order valence-corrected chi connectivity index (χ3v) is 3.49. The molecule has 1 heterocycles. The van der Waals surface area contributed by atoms with Crippen molar-refractivity contribution < 1.29 is 0 Å². The number of allylic oxidation sites excluding steroid dienone is 1. The first-order chi connectivity index (χ1) is 6.81. The minimum Gasteiger partial charge on any atom is -0.387 e. The average Bonchev–Trinajstić information content (AvgIpc) is 2.71. The van der Waals surface area contributed by atoms with E-state index in [-0.39, 0.29) is 6.04 Å². The second-order valence-electron chi connectivity index (χ2n) is 4.46. The number of rotatable bonds is 2. The van der Waals surface area contributed by atoms with Gasteiger partial charge in [-0.25, -0.2) is 0 Å². The Morgan fingerprint density at radius 1 is 1.43 bits per heavy atom. The molecule has 2 atom stereocenters. The highest BCUT2D eigenvalue weighted by atomic mass is 15.0. The normalized spacial score (nSPS) is 34.0. The van der Waals surface area contributed by atoms with Crippen molar-refractivity contribution >= 4 is 0 Å². The van der Waals surface area contributed by atoms with Gasteiger partial charge in [0.05, 0.1) is 0 Å². The van der Waals surface area contributed by atoms with E-state index in [9.17, 15) is 0 Å². The summed E-state index contributed by atoms with van der Waals surface area (Å²) in [4.78, 5) is 0. The van der Waals surface area contributed by atoms with Crippen LogP contribution in [0.2, 0.25) is 0 Å². The van der Waals surface area contributed by atoms with Crippen molar-refractivity contribution in [2.45, 2.75) is 37.8 Å². The molecule has 2 unspecified atom stereocenters. The van der Waals surface area contributed by atoms with Gasteiger partial charge in [0.2, 0.25) is 0 Å². The van der Waals surface area contributed by atoms with Crippen molar-refractivity contribution in [3.63, 3.8) is 0 Å². The van der Waals surface area contributed by atoms with Gasteiger partial charge in [0, 0.05) is 24.3 Å². The highest BCUT2D eigenvalue weighted by Gasteiger charge is 2.25. The maximum atomic E-state index is 5.98. The van der Waals surface area contributed by atoms with Crippen molar-refractivity contribution in [1.29, 1.82) is 0 Å². The SMILES string of the molecule is CNC1C=C(C2CCCC2)NCC1N. The standard InChI is InChI=1S/C11H21N3/c1-13-11-6-10(14-7-9(11)12)8-4-2-3-5-8/h6,8-9,11,13-14H,2-5,7,12H2,1H3. The third-order valence-electron chi connectivity index (χ3n) is 3.49. The van der Waals surface area contributed by atoms with Crippen LogP contribution in [-0.4, -0.2) is 25.7 Å². The number of likely N-dealkylation sites (N-methyl/N-ethyl adjacent to an activating group) is 1. The third kappa shape index (κ3) is 1.93. The second-order valence-corrected chi connectivity index (χ2v) is 4.46. The van der Waals surface area contributed by atoms with E-state index >= 15 is 0 Å². The Morgan fingerprint density at radius 3 is 2.79 bits per heavy atom. The summed E-state index contributed by atoms with van der Waals surface area (Å²) >= 11 is 0. The molecule has 1 aliphatic heterocycles. The van der Waals surface area contributed by atoms with Crippen molar-refractivity contribution in [2.24, 2.45) is 11.7 Å². The van der Waals surface area contributed by atoms with E-state index in [2.05, 4.69) is 16.7 Å². The smallest absolute Gasteiger partial charge is 0.0437 e. The molecule has 0 bridgehead atoms. The summed E-state index contributed by atoms with van der Waals surface area (Å²) in [5.74, 6) is 0.776. The van der Waals surface area contributed by atoms with E-state index < -0.39 is 0 Å². The van der Waals surface area contributed by atoms with E-state index in [0.29, 0.717) is 6.04 Å². The summed E-state index contributed by atoms with van der Waals surface area (Å²) in [7, 11) is 1.98. The summed E-state index contributed by atoms with van der Waals surface area (Å²) < 4.78 is 0. The lowest BCUT2D eigenvalue weighted by Gasteiger charge is -2.31. The molecule has 0 aromatic rings. The Hall–Kier alpha value is -0.540. The van der Waals surface area contributed by atoms with Crippen LogP contribution in [0.4, 0.5) is 0 Å². The van der Waals surface area contributed by atoms with E-state index in [4.69, 9.17) is 5.73 Å². The monoisotopic (exact) mass is 195 g/mol. The lowest BCUT2D eigenvalue weighted by atomic mass is 9.95. The van der Waals surface area contributed by atoms with Crippen LogP contribution in [0.15, 0.2) is 11.8 Å². The van der Waals surface area contributed by atoms with Gasteiger partial charge in [0.1, 0.15) is 0 Å². The van der Waals surface area contributed by atoms with E-state index in [1.54, 1.807) is 0 Å². The van der Waals surface area contributed by atoms with Crippen LogP contribution >= 0.6 is 0 Å². The van der Waals surface area contributed by atoms with Gasteiger partial charge < -0.3 is 16.4 Å². The Kier molecular flexibility index (Phi) is 3.08. The molecule has 14 heavy (non-hydrogen) atoms. The Bertz CT molecular complexity index is 219. The van der Waals surface area contributed by atoms with Gasteiger partial charge in [-0.05, 0) is 31.9 Å². The molecule has 80 valence electrons. The molecule has 0 aromatic heterocycles. The van der Waals surface area contributed by atoms with Crippen molar-refractivity contribution in [2.75, 3.05) is 13.6 Å². The van der Waals surface area contributed by atoms with E-state index in [0.717, 1.165) is 12.5 Å². The Labute approximate surface area is 86.1 Å². The largest absolute Gasteiger partial charge is 0.387 e. The molecule has 3 heteroatoms. The minimum atomic E-state index is 0.213. The molecular weight excluding hydrogens is 174 g/mol. The summed E-state index contributed by atoms with van der Waals surface area (Å²) in [6.07, 6.45) is 7.78. The van der Waals surface area contributed by atoms with Crippen LogP contribution in [-0.2, 0) is 0 Å². The summed E-state index contributed by atoms with van der Waals surface area (Å²) in [6, 6.07) is 0.567. The van der Waals surface area contributed by atoms with E-state index in [1.165, 1.54) is 31.4 Å². The lowest BCUT2D eigenvalue weighted by molar-refractivity contribution is 0.446. The number of nitrogens with one attached hydrogen (secondary N) is 2. The minimum absolute atomic E-state index is 0.213. The maximum Gasteiger partial charge on any atom is 0.0437 e. The molecular formula is C11H21N3. The molecule has 0 amide bonds. The number of nitrogens with two attached hydrogens (primary N) is 1. The fraction of sp³-hybridized carbons (Fsp3) is 0.818.